The van der Waals surface area contributed by atoms with E-state index < -0.39 is 0 Å². The number of halogens is 1. The van der Waals surface area contributed by atoms with Crippen LogP contribution in [0.15, 0.2) is 48.8 Å². The summed E-state index contributed by atoms with van der Waals surface area (Å²) in [5.41, 5.74) is 2.20. The molecule has 0 aliphatic carbocycles. The van der Waals surface area contributed by atoms with Gasteiger partial charge < -0.3 is 15.2 Å². The van der Waals surface area contributed by atoms with Crippen molar-refractivity contribution in [2.75, 3.05) is 31.5 Å². The third kappa shape index (κ3) is 3.12. The molecule has 1 unspecified atom stereocenters. The highest BCUT2D eigenvalue weighted by molar-refractivity contribution is 5.83. The summed E-state index contributed by atoms with van der Waals surface area (Å²) in [5, 5.41) is 4.50. The number of hydrogen-bond acceptors (Lipinski definition) is 3. The van der Waals surface area contributed by atoms with Gasteiger partial charge in [-0.25, -0.2) is 9.37 Å². The molecule has 1 aliphatic rings. The number of nitrogens with zero attached hydrogens (tertiary/aromatic N) is 2. The molecule has 24 heavy (non-hydrogen) atoms. The SMILES string of the molecule is Fc1ccc2c(C3CCN(CCNc4ccccn4)C3)c[nH]c2c1. The molecule has 0 spiro atoms. The molecule has 0 radical (unpaired) electrons. The first-order valence-corrected chi connectivity index (χ1v) is 8.43. The molecule has 2 aromatic heterocycles. The van der Waals surface area contributed by atoms with Crippen molar-refractivity contribution < 1.29 is 4.39 Å². The highest BCUT2D eigenvalue weighted by Crippen LogP contribution is 2.32. The minimum atomic E-state index is -0.190. The van der Waals surface area contributed by atoms with Gasteiger partial charge in [0.1, 0.15) is 11.6 Å². The molecule has 1 fully saturated rings. The van der Waals surface area contributed by atoms with Gasteiger partial charge in [-0.15, -0.1) is 0 Å². The molecule has 1 aromatic carbocycles. The molecular weight excluding hydrogens is 303 g/mol. The lowest BCUT2D eigenvalue weighted by Crippen LogP contribution is -2.26. The predicted molar refractivity (Wildman–Crippen MR) is 94.8 cm³/mol. The number of rotatable bonds is 5. The standard InChI is InChI=1S/C19H21FN4/c20-15-4-5-16-17(12-23-18(16)11-15)14-6-9-24(13-14)10-8-22-19-3-1-2-7-21-19/h1-5,7,11-12,14,23H,6,8-10,13H2,(H,21,22). The van der Waals surface area contributed by atoms with E-state index in [1.807, 2.05) is 30.5 Å². The van der Waals surface area contributed by atoms with Crippen LogP contribution in [0.3, 0.4) is 0 Å². The molecule has 4 nitrogen and oxygen atoms in total. The van der Waals surface area contributed by atoms with Gasteiger partial charge >= 0.3 is 0 Å². The maximum Gasteiger partial charge on any atom is 0.125 e. The Bertz CT molecular complexity index is 815. The van der Waals surface area contributed by atoms with Crippen molar-refractivity contribution in [1.29, 1.82) is 0 Å². The summed E-state index contributed by atoms with van der Waals surface area (Å²) < 4.78 is 13.3. The van der Waals surface area contributed by atoms with E-state index >= 15 is 0 Å². The Morgan fingerprint density at radius 3 is 3.12 bits per heavy atom. The summed E-state index contributed by atoms with van der Waals surface area (Å²) in [4.78, 5) is 9.96. The first-order chi connectivity index (χ1) is 11.8. The number of aromatic amines is 1. The summed E-state index contributed by atoms with van der Waals surface area (Å²) in [7, 11) is 0. The second-order valence-corrected chi connectivity index (χ2v) is 6.36. The molecule has 1 saturated heterocycles. The molecule has 124 valence electrons. The second-order valence-electron chi connectivity index (χ2n) is 6.36. The van der Waals surface area contributed by atoms with Gasteiger partial charge in [0.25, 0.3) is 0 Å². The molecule has 4 rings (SSSR count). The highest BCUT2D eigenvalue weighted by Gasteiger charge is 2.25. The van der Waals surface area contributed by atoms with E-state index in [2.05, 4.69) is 20.2 Å². The van der Waals surface area contributed by atoms with Gasteiger partial charge in [-0.05, 0) is 54.8 Å². The number of hydrogen-bond donors (Lipinski definition) is 2. The Labute approximate surface area is 140 Å². The molecule has 1 aliphatic heterocycles. The fraction of sp³-hybridized carbons (Fsp3) is 0.316. The van der Waals surface area contributed by atoms with E-state index in [0.29, 0.717) is 5.92 Å². The minimum Gasteiger partial charge on any atom is -0.369 e. The number of aromatic nitrogens is 2. The zero-order chi connectivity index (χ0) is 16.4. The Balaban J connectivity index is 1.35. The monoisotopic (exact) mass is 324 g/mol. The van der Waals surface area contributed by atoms with Gasteiger partial charge in [-0.3, -0.25) is 0 Å². The smallest absolute Gasteiger partial charge is 0.125 e. The fourth-order valence-electron chi connectivity index (χ4n) is 3.56. The Morgan fingerprint density at radius 2 is 2.25 bits per heavy atom. The van der Waals surface area contributed by atoms with Crippen molar-refractivity contribution in [1.82, 2.24) is 14.9 Å². The lowest BCUT2D eigenvalue weighted by atomic mass is 9.98. The lowest BCUT2D eigenvalue weighted by Gasteiger charge is -2.16. The highest BCUT2D eigenvalue weighted by atomic mass is 19.1. The molecule has 0 amide bonds. The van der Waals surface area contributed by atoms with Crippen molar-refractivity contribution >= 4 is 16.7 Å². The van der Waals surface area contributed by atoms with E-state index in [9.17, 15) is 4.39 Å². The molecule has 5 heteroatoms. The average molecular weight is 324 g/mol. The molecule has 0 saturated carbocycles. The predicted octanol–water partition coefficient (Wildman–Crippen LogP) is 3.60. The van der Waals surface area contributed by atoms with E-state index in [1.54, 1.807) is 18.3 Å². The minimum absolute atomic E-state index is 0.190. The van der Waals surface area contributed by atoms with Gasteiger partial charge in [0.05, 0.1) is 0 Å². The van der Waals surface area contributed by atoms with Gasteiger partial charge in [-0.2, -0.15) is 0 Å². The maximum absolute atomic E-state index is 13.3. The number of pyridine rings is 1. The van der Waals surface area contributed by atoms with Crippen LogP contribution in [0.1, 0.15) is 17.9 Å². The summed E-state index contributed by atoms with van der Waals surface area (Å²) in [6.45, 7) is 4.05. The Hall–Kier alpha value is -2.40. The third-order valence-electron chi connectivity index (χ3n) is 4.79. The van der Waals surface area contributed by atoms with Crippen molar-refractivity contribution in [3.63, 3.8) is 0 Å². The first kappa shape index (κ1) is 15.1. The third-order valence-corrected chi connectivity index (χ3v) is 4.79. The molecule has 2 N–H and O–H groups in total. The Kier molecular flexibility index (Phi) is 4.17. The van der Waals surface area contributed by atoms with Crippen LogP contribution in [0.25, 0.3) is 10.9 Å². The van der Waals surface area contributed by atoms with E-state index in [-0.39, 0.29) is 5.82 Å². The summed E-state index contributed by atoms with van der Waals surface area (Å²) in [5.74, 6) is 1.25. The summed E-state index contributed by atoms with van der Waals surface area (Å²) in [6, 6.07) is 10.9. The quantitative estimate of drug-likeness (QED) is 0.753. The van der Waals surface area contributed by atoms with Crippen LogP contribution in [0.5, 0.6) is 0 Å². The van der Waals surface area contributed by atoms with Crippen molar-refractivity contribution in [3.8, 4) is 0 Å². The van der Waals surface area contributed by atoms with Crippen LogP contribution in [0.4, 0.5) is 10.2 Å². The lowest BCUT2D eigenvalue weighted by molar-refractivity contribution is 0.348. The molecule has 0 bridgehead atoms. The Morgan fingerprint density at radius 1 is 1.29 bits per heavy atom. The van der Waals surface area contributed by atoms with Gasteiger partial charge in [0, 0.05) is 42.9 Å². The number of anilines is 1. The average Bonchev–Trinajstić information content (AvgIpc) is 3.22. The number of fused-ring (bicyclic) bond motifs is 1. The number of nitrogens with one attached hydrogen (secondary N) is 2. The molecule has 3 aromatic rings. The number of likely N-dealkylation sites (tertiary alicyclic amines) is 1. The topological polar surface area (TPSA) is 44.0 Å². The number of H-pyrrole nitrogens is 1. The van der Waals surface area contributed by atoms with Crippen molar-refractivity contribution in [3.05, 3.63) is 60.2 Å². The van der Waals surface area contributed by atoms with Crippen LogP contribution in [-0.2, 0) is 0 Å². The van der Waals surface area contributed by atoms with Crippen LogP contribution in [0, 0.1) is 5.82 Å². The molecule has 1 atom stereocenters. The van der Waals surface area contributed by atoms with E-state index in [0.717, 1.165) is 49.3 Å². The summed E-state index contributed by atoms with van der Waals surface area (Å²) >= 11 is 0. The largest absolute Gasteiger partial charge is 0.369 e. The molecular formula is C19H21FN4. The first-order valence-electron chi connectivity index (χ1n) is 8.43. The molecule has 3 heterocycles. The number of benzene rings is 1. The van der Waals surface area contributed by atoms with Crippen molar-refractivity contribution in [2.24, 2.45) is 0 Å². The van der Waals surface area contributed by atoms with Crippen LogP contribution in [-0.4, -0.2) is 41.0 Å². The second kappa shape index (κ2) is 6.61. The van der Waals surface area contributed by atoms with Gasteiger partial charge in [-0.1, -0.05) is 6.07 Å². The van der Waals surface area contributed by atoms with Gasteiger partial charge in [0.15, 0.2) is 0 Å². The van der Waals surface area contributed by atoms with Crippen LogP contribution < -0.4 is 5.32 Å². The normalized spacial score (nSPS) is 18.3. The van der Waals surface area contributed by atoms with E-state index in [4.69, 9.17) is 0 Å². The van der Waals surface area contributed by atoms with E-state index in [1.165, 1.54) is 5.56 Å². The zero-order valence-corrected chi connectivity index (χ0v) is 13.5. The zero-order valence-electron chi connectivity index (χ0n) is 13.5. The van der Waals surface area contributed by atoms with Gasteiger partial charge in [0.2, 0.25) is 0 Å². The van der Waals surface area contributed by atoms with Crippen LogP contribution in [0.2, 0.25) is 0 Å². The summed E-state index contributed by atoms with van der Waals surface area (Å²) in [6.07, 6.45) is 4.99. The van der Waals surface area contributed by atoms with Crippen molar-refractivity contribution in [2.45, 2.75) is 12.3 Å². The fourth-order valence-corrected chi connectivity index (χ4v) is 3.56. The van der Waals surface area contributed by atoms with Crippen LogP contribution >= 0.6 is 0 Å². The maximum atomic E-state index is 13.3.